The van der Waals surface area contributed by atoms with E-state index in [4.69, 9.17) is 4.74 Å². The average molecular weight is 334 g/mol. The lowest BCUT2D eigenvalue weighted by Gasteiger charge is -2.13. The van der Waals surface area contributed by atoms with E-state index in [1.807, 2.05) is 30.3 Å². The van der Waals surface area contributed by atoms with Crippen LogP contribution in [-0.4, -0.2) is 6.04 Å². The first-order chi connectivity index (χ1) is 9.66. The molecule has 0 spiro atoms. The molecule has 0 aliphatic carbocycles. The molecule has 2 aromatic carbocycles. The molecule has 1 N–H and O–H groups in total. The van der Waals surface area contributed by atoms with Gasteiger partial charge in [0.05, 0.1) is 4.47 Å². The molecule has 0 radical (unpaired) electrons. The smallest absolute Gasteiger partial charge is 0.134 e. The van der Waals surface area contributed by atoms with E-state index < -0.39 is 0 Å². The van der Waals surface area contributed by atoms with Crippen molar-refractivity contribution in [2.75, 3.05) is 0 Å². The summed E-state index contributed by atoms with van der Waals surface area (Å²) in [6, 6.07) is 16.8. The van der Waals surface area contributed by atoms with Crippen LogP contribution in [0.2, 0.25) is 0 Å². The van der Waals surface area contributed by atoms with E-state index >= 15 is 0 Å². The van der Waals surface area contributed by atoms with E-state index in [1.165, 1.54) is 11.1 Å². The molecule has 0 amide bonds. The van der Waals surface area contributed by atoms with Crippen molar-refractivity contribution >= 4 is 15.9 Å². The van der Waals surface area contributed by atoms with Crippen LogP contribution in [0.15, 0.2) is 53.0 Å². The molecule has 2 rings (SSSR count). The molecule has 2 nitrogen and oxygen atoms in total. The van der Waals surface area contributed by atoms with Crippen LogP contribution >= 0.6 is 15.9 Å². The second-order valence-electron chi connectivity index (χ2n) is 5.04. The van der Waals surface area contributed by atoms with Gasteiger partial charge in [-0.15, -0.1) is 0 Å². The first-order valence-electron chi connectivity index (χ1n) is 6.84. The van der Waals surface area contributed by atoms with Gasteiger partial charge in [-0.05, 0) is 33.1 Å². The van der Waals surface area contributed by atoms with Gasteiger partial charge in [0.15, 0.2) is 0 Å². The lowest BCUT2D eigenvalue weighted by Crippen LogP contribution is -2.22. The van der Waals surface area contributed by atoms with E-state index in [0.29, 0.717) is 12.6 Å². The molecule has 0 saturated carbocycles. The van der Waals surface area contributed by atoms with Crippen LogP contribution in [0.1, 0.15) is 25.0 Å². The summed E-state index contributed by atoms with van der Waals surface area (Å²) in [6.07, 6.45) is 0. The molecule has 0 aliphatic rings. The minimum absolute atomic E-state index is 0.468. The highest BCUT2D eigenvalue weighted by atomic mass is 79.9. The van der Waals surface area contributed by atoms with Crippen molar-refractivity contribution in [2.24, 2.45) is 0 Å². The number of nitrogens with one attached hydrogen (secondary N) is 1. The van der Waals surface area contributed by atoms with E-state index in [2.05, 4.69) is 53.3 Å². The molecule has 0 aliphatic heterocycles. The zero-order valence-corrected chi connectivity index (χ0v) is 13.5. The summed E-state index contributed by atoms with van der Waals surface area (Å²) in [5.41, 5.74) is 2.38. The van der Waals surface area contributed by atoms with Crippen molar-refractivity contribution in [3.63, 3.8) is 0 Å². The van der Waals surface area contributed by atoms with E-state index in [9.17, 15) is 0 Å². The second-order valence-corrected chi connectivity index (χ2v) is 5.83. The van der Waals surface area contributed by atoms with Crippen molar-refractivity contribution in [2.45, 2.75) is 33.0 Å². The van der Waals surface area contributed by atoms with Crippen LogP contribution in [0.3, 0.4) is 0 Å². The van der Waals surface area contributed by atoms with Crippen LogP contribution in [0.4, 0.5) is 0 Å². The van der Waals surface area contributed by atoms with Crippen LogP contribution in [0.5, 0.6) is 5.75 Å². The number of hydrogen-bond donors (Lipinski definition) is 1. The van der Waals surface area contributed by atoms with E-state index in [-0.39, 0.29) is 0 Å². The largest absolute Gasteiger partial charge is 0.488 e. The maximum atomic E-state index is 5.90. The van der Waals surface area contributed by atoms with Gasteiger partial charge >= 0.3 is 0 Å². The fourth-order valence-corrected chi connectivity index (χ4v) is 2.37. The molecule has 0 saturated heterocycles. The minimum Gasteiger partial charge on any atom is -0.488 e. The van der Waals surface area contributed by atoms with Gasteiger partial charge in [-0.2, -0.15) is 0 Å². The molecular weight excluding hydrogens is 314 g/mol. The van der Waals surface area contributed by atoms with Crippen molar-refractivity contribution in [1.82, 2.24) is 5.32 Å². The van der Waals surface area contributed by atoms with Gasteiger partial charge in [-0.25, -0.2) is 0 Å². The van der Waals surface area contributed by atoms with Crippen molar-refractivity contribution in [3.8, 4) is 5.75 Å². The predicted molar refractivity (Wildman–Crippen MR) is 86.9 cm³/mol. The van der Waals surface area contributed by atoms with Crippen molar-refractivity contribution < 1.29 is 4.74 Å². The quantitative estimate of drug-likeness (QED) is 0.838. The van der Waals surface area contributed by atoms with Crippen LogP contribution in [-0.2, 0) is 13.2 Å². The highest BCUT2D eigenvalue weighted by molar-refractivity contribution is 9.10. The Hall–Kier alpha value is -1.32. The lowest BCUT2D eigenvalue weighted by atomic mass is 10.2. The second kappa shape index (κ2) is 7.46. The number of ether oxygens (including phenoxy) is 1. The van der Waals surface area contributed by atoms with E-state index in [1.54, 1.807) is 0 Å². The molecule has 106 valence electrons. The van der Waals surface area contributed by atoms with Crippen molar-refractivity contribution in [1.29, 1.82) is 0 Å². The summed E-state index contributed by atoms with van der Waals surface area (Å²) >= 11 is 3.64. The highest BCUT2D eigenvalue weighted by Gasteiger charge is 2.07. The molecule has 3 heteroatoms. The highest BCUT2D eigenvalue weighted by Crippen LogP contribution is 2.29. The molecule has 0 heterocycles. The summed E-state index contributed by atoms with van der Waals surface area (Å²) < 4.78 is 6.93. The lowest BCUT2D eigenvalue weighted by molar-refractivity contribution is 0.303. The van der Waals surface area contributed by atoms with Gasteiger partial charge in [0, 0.05) is 12.6 Å². The zero-order chi connectivity index (χ0) is 14.4. The zero-order valence-electron chi connectivity index (χ0n) is 11.9. The first-order valence-corrected chi connectivity index (χ1v) is 7.63. The van der Waals surface area contributed by atoms with Gasteiger partial charge in [0.25, 0.3) is 0 Å². The Labute approximate surface area is 129 Å². The Bertz CT molecular complexity index is 540. The molecule has 0 fully saturated rings. The monoisotopic (exact) mass is 333 g/mol. The van der Waals surface area contributed by atoms with Crippen molar-refractivity contribution in [3.05, 3.63) is 64.1 Å². The molecule has 0 atom stereocenters. The molecule has 2 aromatic rings. The number of hydrogen-bond acceptors (Lipinski definition) is 2. The Morgan fingerprint density at radius 3 is 2.50 bits per heavy atom. The summed E-state index contributed by atoms with van der Waals surface area (Å²) in [7, 11) is 0. The fraction of sp³-hybridized carbons (Fsp3) is 0.294. The number of benzene rings is 2. The van der Waals surface area contributed by atoms with Gasteiger partial charge in [0.1, 0.15) is 12.4 Å². The summed E-state index contributed by atoms with van der Waals surface area (Å²) in [5.74, 6) is 0.886. The first kappa shape index (κ1) is 15.1. The Morgan fingerprint density at radius 1 is 1.05 bits per heavy atom. The third-order valence-electron chi connectivity index (χ3n) is 2.98. The number of halogens is 1. The topological polar surface area (TPSA) is 21.3 Å². The maximum Gasteiger partial charge on any atom is 0.134 e. The summed E-state index contributed by atoms with van der Waals surface area (Å²) in [4.78, 5) is 0. The third kappa shape index (κ3) is 4.36. The molecule has 0 unspecified atom stereocenters. The third-order valence-corrected chi connectivity index (χ3v) is 3.88. The predicted octanol–water partition coefficient (Wildman–Crippen LogP) is 4.53. The van der Waals surface area contributed by atoms with Gasteiger partial charge < -0.3 is 10.1 Å². The van der Waals surface area contributed by atoms with Crippen LogP contribution < -0.4 is 10.1 Å². The molecule has 0 aromatic heterocycles. The van der Waals surface area contributed by atoms with Gasteiger partial charge in [-0.3, -0.25) is 0 Å². The Balaban J connectivity index is 2.03. The standard InChI is InChI=1S/C17H20BrNO/c1-13(2)19-11-15-9-6-10-16(17(15)18)20-12-14-7-4-3-5-8-14/h3-10,13,19H,11-12H2,1-2H3. The number of rotatable bonds is 6. The van der Waals surface area contributed by atoms with E-state index in [0.717, 1.165) is 16.8 Å². The Kier molecular flexibility index (Phi) is 5.62. The maximum absolute atomic E-state index is 5.90. The Morgan fingerprint density at radius 2 is 1.80 bits per heavy atom. The normalized spacial score (nSPS) is 10.8. The average Bonchev–Trinajstić information content (AvgIpc) is 2.46. The fourth-order valence-electron chi connectivity index (χ4n) is 1.85. The van der Waals surface area contributed by atoms with Gasteiger partial charge in [-0.1, -0.05) is 56.3 Å². The minimum atomic E-state index is 0.468. The summed E-state index contributed by atoms with van der Waals surface area (Å²) in [5, 5.41) is 3.42. The summed E-state index contributed by atoms with van der Waals surface area (Å²) in [6.45, 7) is 5.70. The molecule has 0 bridgehead atoms. The SMILES string of the molecule is CC(C)NCc1cccc(OCc2ccccc2)c1Br. The van der Waals surface area contributed by atoms with Crippen LogP contribution in [0.25, 0.3) is 0 Å². The molecular formula is C17H20BrNO. The van der Waals surface area contributed by atoms with Crippen LogP contribution in [0, 0.1) is 0 Å². The van der Waals surface area contributed by atoms with Gasteiger partial charge in [0.2, 0.25) is 0 Å². The molecule has 20 heavy (non-hydrogen) atoms.